The molecule has 2 aromatic carbocycles. The monoisotopic (exact) mass is 398 g/mol. The van der Waals surface area contributed by atoms with E-state index in [1.165, 1.54) is 12.8 Å². The van der Waals surface area contributed by atoms with Crippen LogP contribution in [0.15, 0.2) is 69.7 Å². The molecular weight excluding hydrogens is 376 g/mol. The van der Waals surface area contributed by atoms with Gasteiger partial charge in [0.05, 0.1) is 12.3 Å². The summed E-state index contributed by atoms with van der Waals surface area (Å²) in [5, 5.41) is 15.1. The lowest BCUT2D eigenvalue weighted by atomic mass is 10.0. The van der Waals surface area contributed by atoms with E-state index in [-0.39, 0.29) is 11.7 Å². The highest BCUT2D eigenvalue weighted by molar-refractivity contribution is 5.94. The summed E-state index contributed by atoms with van der Waals surface area (Å²) >= 11 is 0. The summed E-state index contributed by atoms with van der Waals surface area (Å²) in [5.74, 6) is 1.76. The standard InChI is InChI=1S/C24H22N4O2/c25-15-20-24(26-16-21(22-11-6-14-29-22)28-12-3-4-13-28)30-23(27-20)19-10-5-8-17-7-1-2-9-18(17)19/h1-2,5-11,14,21,26H,3-4,12-13,16H2. The predicted molar refractivity (Wildman–Crippen MR) is 115 cm³/mol. The minimum Gasteiger partial charge on any atom is -0.468 e. The molecule has 0 spiro atoms. The van der Waals surface area contributed by atoms with Gasteiger partial charge in [-0.25, -0.2) is 0 Å². The van der Waals surface area contributed by atoms with Crippen LogP contribution >= 0.6 is 0 Å². The molecule has 1 fully saturated rings. The molecular formula is C24H22N4O2. The van der Waals surface area contributed by atoms with Gasteiger partial charge in [0.25, 0.3) is 0 Å². The average Bonchev–Trinajstić information content (AvgIpc) is 3.56. The van der Waals surface area contributed by atoms with Gasteiger partial charge in [-0.2, -0.15) is 10.2 Å². The summed E-state index contributed by atoms with van der Waals surface area (Å²) in [6.07, 6.45) is 4.08. The fourth-order valence-corrected chi connectivity index (χ4v) is 4.18. The summed E-state index contributed by atoms with van der Waals surface area (Å²) in [4.78, 5) is 6.86. The van der Waals surface area contributed by atoms with Gasteiger partial charge >= 0.3 is 0 Å². The Bertz CT molecular complexity index is 1180. The quantitative estimate of drug-likeness (QED) is 0.480. The van der Waals surface area contributed by atoms with Gasteiger partial charge in [-0.15, -0.1) is 0 Å². The topological polar surface area (TPSA) is 78.2 Å². The highest BCUT2D eigenvalue weighted by Crippen LogP contribution is 2.32. The molecule has 30 heavy (non-hydrogen) atoms. The molecule has 1 aliphatic rings. The van der Waals surface area contributed by atoms with Crippen LogP contribution in [0.4, 0.5) is 5.88 Å². The van der Waals surface area contributed by atoms with Crippen LogP contribution in [0.1, 0.15) is 30.3 Å². The molecule has 0 aliphatic carbocycles. The number of hydrogen-bond donors (Lipinski definition) is 1. The first-order valence-electron chi connectivity index (χ1n) is 10.2. The van der Waals surface area contributed by atoms with Crippen molar-refractivity contribution in [2.45, 2.75) is 18.9 Å². The van der Waals surface area contributed by atoms with E-state index in [9.17, 15) is 5.26 Å². The van der Waals surface area contributed by atoms with Crippen molar-refractivity contribution in [2.24, 2.45) is 0 Å². The SMILES string of the molecule is N#Cc1nc(-c2cccc3ccccc23)oc1NCC(c1ccco1)N1CCCC1. The van der Waals surface area contributed by atoms with E-state index in [0.29, 0.717) is 18.3 Å². The third-order valence-electron chi connectivity index (χ3n) is 5.66. The Morgan fingerprint density at radius 3 is 2.70 bits per heavy atom. The Morgan fingerprint density at radius 1 is 1.07 bits per heavy atom. The lowest BCUT2D eigenvalue weighted by molar-refractivity contribution is 0.224. The second kappa shape index (κ2) is 8.05. The Morgan fingerprint density at radius 2 is 1.90 bits per heavy atom. The van der Waals surface area contributed by atoms with Crippen LogP contribution in [0.5, 0.6) is 0 Å². The van der Waals surface area contributed by atoms with Crippen molar-refractivity contribution in [1.29, 1.82) is 5.26 Å². The molecule has 5 rings (SSSR count). The zero-order chi connectivity index (χ0) is 20.3. The van der Waals surface area contributed by atoms with Gasteiger partial charge in [-0.1, -0.05) is 36.4 Å². The number of anilines is 1. The second-order valence-electron chi connectivity index (χ2n) is 7.49. The Hall–Kier alpha value is -3.56. The maximum Gasteiger partial charge on any atom is 0.232 e. The Kier molecular flexibility index (Phi) is 4.96. The van der Waals surface area contributed by atoms with Gasteiger partial charge in [0.15, 0.2) is 0 Å². The highest BCUT2D eigenvalue weighted by Gasteiger charge is 2.26. The third kappa shape index (κ3) is 3.44. The van der Waals surface area contributed by atoms with Gasteiger partial charge in [0.2, 0.25) is 17.5 Å². The highest BCUT2D eigenvalue weighted by atomic mass is 16.4. The summed E-state index contributed by atoms with van der Waals surface area (Å²) in [6, 6.07) is 20.2. The van der Waals surface area contributed by atoms with E-state index in [1.54, 1.807) is 6.26 Å². The van der Waals surface area contributed by atoms with Gasteiger partial charge in [-0.3, -0.25) is 4.90 Å². The molecule has 6 nitrogen and oxygen atoms in total. The number of benzene rings is 2. The van der Waals surface area contributed by atoms with E-state index >= 15 is 0 Å². The number of aromatic nitrogens is 1. The zero-order valence-electron chi connectivity index (χ0n) is 16.5. The number of hydrogen-bond acceptors (Lipinski definition) is 6. The first-order chi connectivity index (χ1) is 14.8. The first-order valence-corrected chi connectivity index (χ1v) is 10.2. The van der Waals surface area contributed by atoms with E-state index in [4.69, 9.17) is 8.83 Å². The van der Waals surface area contributed by atoms with E-state index < -0.39 is 0 Å². The summed E-state index contributed by atoms with van der Waals surface area (Å²) in [7, 11) is 0. The van der Waals surface area contributed by atoms with Crippen molar-refractivity contribution in [3.05, 3.63) is 72.3 Å². The second-order valence-corrected chi connectivity index (χ2v) is 7.49. The lowest BCUT2D eigenvalue weighted by Crippen LogP contribution is -2.30. The summed E-state index contributed by atoms with van der Waals surface area (Å²) in [5.41, 5.74) is 1.14. The fourth-order valence-electron chi connectivity index (χ4n) is 4.18. The molecule has 3 heterocycles. The van der Waals surface area contributed by atoms with E-state index in [0.717, 1.165) is 35.2 Å². The average molecular weight is 398 g/mol. The van der Waals surface area contributed by atoms with Crippen LogP contribution < -0.4 is 5.32 Å². The third-order valence-corrected chi connectivity index (χ3v) is 5.66. The van der Waals surface area contributed by atoms with Gasteiger partial charge < -0.3 is 14.2 Å². The van der Waals surface area contributed by atoms with Crippen molar-refractivity contribution in [3.63, 3.8) is 0 Å². The number of likely N-dealkylation sites (tertiary alicyclic amines) is 1. The number of nitriles is 1. The molecule has 0 bridgehead atoms. The maximum absolute atomic E-state index is 9.61. The molecule has 0 radical (unpaired) electrons. The van der Waals surface area contributed by atoms with Crippen LogP contribution in [-0.2, 0) is 0 Å². The molecule has 150 valence electrons. The number of nitrogens with zero attached hydrogens (tertiary/aromatic N) is 3. The van der Waals surface area contributed by atoms with E-state index in [2.05, 4.69) is 33.4 Å². The van der Waals surface area contributed by atoms with Gasteiger partial charge in [0, 0.05) is 12.1 Å². The fraction of sp³-hybridized carbons (Fsp3) is 0.250. The van der Waals surface area contributed by atoms with Crippen LogP contribution in [0.25, 0.3) is 22.2 Å². The number of nitrogens with one attached hydrogen (secondary N) is 1. The van der Waals surface area contributed by atoms with Gasteiger partial charge in [0.1, 0.15) is 11.8 Å². The number of rotatable bonds is 6. The van der Waals surface area contributed by atoms with Crippen molar-refractivity contribution in [3.8, 4) is 17.5 Å². The number of oxazole rings is 1. The molecule has 4 aromatic rings. The number of furan rings is 1. The predicted octanol–water partition coefficient (Wildman–Crippen LogP) is 5.21. The van der Waals surface area contributed by atoms with Crippen LogP contribution in [0.3, 0.4) is 0 Å². The molecule has 6 heteroatoms. The molecule has 1 aliphatic heterocycles. The molecule has 0 amide bonds. The molecule has 1 N–H and O–H groups in total. The maximum atomic E-state index is 9.61. The molecule has 2 aromatic heterocycles. The minimum absolute atomic E-state index is 0.0835. The summed E-state index contributed by atoms with van der Waals surface area (Å²) < 4.78 is 11.7. The van der Waals surface area contributed by atoms with Crippen LogP contribution in [0.2, 0.25) is 0 Å². The zero-order valence-corrected chi connectivity index (χ0v) is 16.5. The van der Waals surface area contributed by atoms with Crippen molar-refractivity contribution >= 4 is 16.7 Å². The van der Waals surface area contributed by atoms with Crippen molar-refractivity contribution < 1.29 is 8.83 Å². The molecule has 0 saturated carbocycles. The molecule has 1 atom stereocenters. The summed E-state index contributed by atoms with van der Waals surface area (Å²) in [6.45, 7) is 2.65. The largest absolute Gasteiger partial charge is 0.468 e. The van der Waals surface area contributed by atoms with Crippen LogP contribution in [0, 0.1) is 11.3 Å². The molecule has 1 unspecified atom stereocenters. The normalized spacial score (nSPS) is 15.3. The lowest BCUT2D eigenvalue weighted by Gasteiger charge is -2.25. The van der Waals surface area contributed by atoms with Crippen molar-refractivity contribution in [2.75, 3.05) is 25.0 Å². The van der Waals surface area contributed by atoms with Gasteiger partial charge in [-0.05, 0) is 54.9 Å². The number of fused-ring (bicyclic) bond motifs is 1. The van der Waals surface area contributed by atoms with Crippen LogP contribution in [-0.4, -0.2) is 29.5 Å². The molecule has 1 saturated heterocycles. The van der Waals surface area contributed by atoms with E-state index in [1.807, 2.05) is 42.5 Å². The Labute approximate surface area is 174 Å². The minimum atomic E-state index is 0.0835. The Balaban J connectivity index is 1.44. The smallest absolute Gasteiger partial charge is 0.232 e. The first kappa shape index (κ1) is 18.5. The van der Waals surface area contributed by atoms with Crippen molar-refractivity contribution in [1.82, 2.24) is 9.88 Å².